The Bertz CT molecular complexity index is 630. The van der Waals surface area contributed by atoms with Crippen LogP contribution >= 0.6 is 0 Å². The molecular formula is C19H26O7. The van der Waals surface area contributed by atoms with E-state index in [1.54, 1.807) is 19.2 Å². The molecule has 1 aliphatic heterocycles. The number of methoxy groups -OCH3 is 1. The maximum atomic E-state index is 11.5. The van der Waals surface area contributed by atoms with E-state index in [-0.39, 0.29) is 18.4 Å². The Kier molecular flexibility index (Phi) is 6.85. The number of rotatable bonds is 6. The average Bonchev–Trinajstić information content (AvgIpc) is 2.60. The van der Waals surface area contributed by atoms with Crippen LogP contribution in [0.15, 0.2) is 24.3 Å². The lowest BCUT2D eigenvalue weighted by Crippen LogP contribution is -2.54. The number of esters is 2. The Labute approximate surface area is 153 Å². The van der Waals surface area contributed by atoms with Crippen LogP contribution in [0.25, 0.3) is 0 Å². The highest BCUT2D eigenvalue weighted by Crippen LogP contribution is 2.36. The second-order valence-electron chi connectivity index (χ2n) is 6.41. The summed E-state index contributed by atoms with van der Waals surface area (Å²) in [4.78, 5) is 22.7. The van der Waals surface area contributed by atoms with Crippen molar-refractivity contribution in [3.63, 3.8) is 0 Å². The number of carbonyl (C=O) groups is 2. The molecule has 0 N–H and O–H groups in total. The molecule has 144 valence electrons. The van der Waals surface area contributed by atoms with Crippen molar-refractivity contribution in [3.05, 3.63) is 24.3 Å². The maximum absolute atomic E-state index is 11.5. The zero-order valence-corrected chi connectivity index (χ0v) is 15.8. The summed E-state index contributed by atoms with van der Waals surface area (Å²) in [5.41, 5.74) is 0. The van der Waals surface area contributed by atoms with Gasteiger partial charge in [-0.25, -0.2) is 0 Å². The van der Waals surface area contributed by atoms with Gasteiger partial charge in [0.05, 0.1) is 7.11 Å². The third-order valence-corrected chi connectivity index (χ3v) is 4.52. The molecule has 1 aromatic carbocycles. The number of para-hydroxylation sites is 2. The van der Waals surface area contributed by atoms with Gasteiger partial charge in [0.2, 0.25) is 6.29 Å². The van der Waals surface area contributed by atoms with Gasteiger partial charge in [-0.15, -0.1) is 0 Å². The van der Waals surface area contributed by atoms with Crippen LogP contribution in [-0.2, 0) is 23.8 Å². The highest BCUT2D eigenvalue weighted by atomic mass is 16.7. The molecule has 0 radical (unpaired) electrons. The predicted molar refractivity (Wildman–Crippen MR) is 92.8 cm³/mol. The predicted octanol–water partition coefficient (Wildman–Crippen LogP) is 2.57. The van der Waals surface area contributed by atoms with E-state index in [4.69, 9.17) is 23.7 Å². The molecule has 0 aromatic heterocycles. The fourth-order valence-electron chi connectivity index (χ4n) is 2.94. The van der Waals surface area contributed by atoms with Crippen molar-refractivity contribution in [2.24, 2.45) is 11.8 Å². The first-order valence-electron chi connectivity index (χ1n) is 8.59. The van der Waals surface area contributed by atoms with Crippen LogP contribution in [0.5, 0.6) is 11.5 Å². The van der Waals surface area contributed by atoms with E-state index >= 15 is 0 Å². The molecule has 1 unspecified atom stereocenters. The third-order valence-electron chi connectivity index (χ3n) is 4.52. The number of ether oxygens (including phenoxy) is 5. The van der Waals surface area contributed by atoms with Crippen molar-refractivity contribution in [1.29, 1.82) is 0 Å². The van der Waals surface area contributed by atoms with Gasteiger partial charge >= 0.3 is 11.9 Å². The molecule has 7 nitrogen and oxygen atoms in total. The molecule has 1 heterocycles. The SMILES string of the molecule is COc1ccccc1OC1O[C@H](COC(C)=O)[C@H](OC(C)=O)[C@H](C)[C@H]1C. The summed E-state index contributed by atoms with van der Waals surface area (Å²) in [6.45, 7) is 6.57. The first-order chi connectivity index (χ1) is 12.3. The molecular weight excluding hydrogens is 340 g/mol. The smallest absolute Gasteiger partial charge is 0.303 e. The van der Waals surface area contributed by atoms with Crippen molar-refractivity contribution in [3.8, 4) is 11.5 Å². The molecule has 0 spiro atoms. The van der Waals surface area contributed by atoms with Crippen LogP contribution < -0.4 is 9.47 Å². The van der Waals surface area contributed by atoms with Gasteiger partial charge in [0.15, 0.2) is 11.5 Å². The zero-order chi connectivity index (χ0) is 19.3. The molecule has 1 fully saturated rings. The van der Waals surface area contributed by atoms with E-state index in [1.807, 2.05) is 26.0 Å². The molecule has 7 heteroatoms. The summed E-state index contributed by atoms with van der Waals surface area (Å²) in [6.07, 6.45) is -1.75. The molecule has 0 saturated carbocycles. The molecule has 26 heavy (non-hydrogen) atoms. The standard InChI is InChI=1S/C19H26O7/c1-11-12(2)19(25-16-9-7-6-8-15(16)22-5)26-17(10-23-13(3)20)18(11)24-14(4)21/h6-9,11-12,17-19H,10H2,1-5H3/t11-,12-,17-,18-,19?/m1/s1. The molecule has 0 amide bonds. The number of benzene rings is 1. The maximum Gasteiger partial charge on any atom is 0.303 e. The highest BCUT2D eigenvalue weighted by Gasteiger charge is 2.45. The monoisotopic (exact) mass is 366 g/mol. The van der Waals surface area contributed by atoms with Gasteiger partial charge < -0.3 is 23.7 Å². The molecule has 1 aliphatic rings. The summed E-state index contributed by atoms with van der Waals surface area (Å²) in [5.74, 6) is 0.176. The van der Waals surface area contributed by atoms with Crippen molar-refractivity contribution in [2.45, 2.75) is 46.2 Å². The molecule has 5 atom stereocenters. The minimum Gasteiger partial charge on any atom is -0.493 e. The Morgan fingerprint density at radius 2 is 1.69 bits per heavy atom. The van der Waals surface area contributed by atoms with Crippen LogP contribution in [0, 0.1) is 11.8 Å². The second-order valence-corrected chi connectivity index (χ2v) is 6.41. The van der Waals surface area contributed by atoms with Crippen molar-refractivity contribution in [2.75, 3.05) is 13.7 Å². The van der Waals surface area contributed by atoms with E-state index in [9.17, 15) is 9.59 Å². The Balaban J connectivity index is 2.19. The first-order valence-corrected chi connectivity index (χ1v) is 8.59. The summed E-state index contributed by atoms with van der Waals surface area (Å²) in [5, 5.41) is 0. The Morgan fingerprint density at radius 1 is 1.04 bits per heavy atom. The minimum absolute atomic E-state index is 0.0177. The van der Waals surface area contributed by atoms with E-state index in [1.165, 1.54) is 13.8 Å². The first kappa shape index (κ1) is 20.0. The van der Waals surface area contributed by atoms with Gasteiger partial charge in [-0.2, -0.15) is 0 Å². The van der Waals surface area contributed by atoms with Crippen LogP contribution in [-0.4, -0.2) is 44.2 Å². The molecule has 0 aliphatic carbocycles. The zero-order valence-electron chi connectivity index (χ0n) is 15.8. The average molecular weight is 366 g/mol. The second kappa shape index (κ2) is 8.89. The fourth-order valence-corrected chi connectivity index (χ4v) is 2.94. The molecule has 1 aromatic rings. The van der Waals surface area contributed by atoms with Crippen LogP contribution in [0.3, 0.4) is 0 Å². The molecule has 0 bridgehead atoms. The lowest BCUT2D eigenvalue weighted by molar-refractivity contribution is -0.248. The Morgan fingerprint density at radius 3 is 2.27 bits per heavy atom. The molecule has 2 rings (SSSR count). The van der Waals surface area contributed by atoms with Crippen molar-refractivity contribution < 1.29 is 33.3 Å². The number of hydrogen-bond acceptors (Lipinski definition) is 7. The van der Waals surface area contributed by atoms with Gasteiger partial charge in [0, 0.05) is 25.7 Å². The van der Waals surface area contributed by atoms with E-state index in [0.717, 1.165) is 0 Å². The lowest BCUT2D eigenvalue weighted by atomic mass is 9.84. The van der Waals surface area contributed by atoms with Crippen molar-refractivity contribution >= 4 is 11.9 Å². The van der Waals surface area contributed by atoms with Crippen LogP contribution in [0.1, 0.15) is 27.7 Å². The Hall–Kier alpha value is -2.28. The minimum atomic E-state index is -0.617. The van der Waals surface area contributed by atoms with Crippen molar-refractivity contribution in [1.82, 2.24) is 0 Å². The fraction of sp³-hybridized carbons (Fsp3) is 0.579. The van der Waals surface area contributed by atoms with Crippen LogP contribution in [0.4, 0.5) is 0 Å². The van der Waals surface area contributed by atoms with Gasteiger partial charge in [0.25, 0.3) is 0 Å². The summed E-state index contributed by atoms with van der Waals surface area (Å²) < 4.78 is 27.8. The van der Waals surface area contributed by atoms with Gasteiger partial charge in [-0.3, -0.25) is 9.59 Å². The largest absolute Gasteiger partial charge is 0.493 e. The quantitative estimate of drug-likeness (QED) is 0.716. The summed E-state index contributed by atoms with van der Waals surface area (Å²) in [6, 6.07) is 7.27. The summed E-state index contributed by atoms with van der Waals surface area (Å²) >= 11 is 0. The molecule has 1 saturated heterocycles. The highest BCUT2D eigenvalue weighted by molar-refractivity contribution is 5.66. The normalized spacial score (nSPS) is 28.1. The lowest BCUT2D eigenvalue weighted by Gasteiger charge is -2.43. The van der Waals surface area contributed by atoms with Gasteiger partial charge in [-0.1, -0.05) is 26.0 Å². The third kappa shape index (κ3) is 4.88. The number of hydrogen-bond donors (Lipinski definition) is 0. The van der Waals surface area contributed by atoms with Gasteiger partial charge in [0.1, 0.15) is 18.8 Å². The number of carbonyl (C=O) groups excluding carboxylic acids is 2. The van der Waals surface area contributed by atoms with E-state index in [0.29, 0.717) is 11.5 Å². The van der Waals surface area contributed by atoms with E-state index in [2.05, 4.69) is 0 Å². The topological polar surface area (TPSA) is 80.3 Å². The van der Waals surface area contributed by atoms with Gasteiger partial charge in [-0.05, 0) is 12.1 Å². The van der Waals surface area contributed by atoms with Crippen LogP contribution in [0.2, 0.25) is 0 Å². The van der Waals surface area contributed by atoms with E-state index < -0.39 is 30.4 Å². The summed E-state index contributed by atoms with van der Waals surface area (Å²) in [7, 11) is 1.57.